The molecule has 0 saturated heterocycles. The molecule has 2 heterocycles. The molecule has 1 N–H and O–H groups in total. The van der Waals surface area contributed by atoms with Crippen molar-refractivity contribution in [2.45, 2.75) is 19.0 Å². The van der Waals surface area contributed by atoms with Gasteiger partial charge in [-0.25, -0.2) is 5.43 Å². The highest BCUT2D eigenvalue weighted by Crippen LogP contribution is 2.28. The van der Waals surface area contributed by atoms with E-state index in [4.69, 9.17) is 4.74 Å². The fourth-order valence-electron chi connectivity index (χ4n) is 3.35. The van der Waals surface area contributed by atoms with Gasteiger partial charge in [-0.3, -0.25) is 24.5 Å². The van der Waals surface area contributed by atoms with Crippen LogP contribution in [0.15, 0.2) is 83.3 Å². The summed E-state index contributed by atoms with van der Waals surface area (Å²) in [6.07, 6.45) is 3.37. The molecule has 188 valence electrons. The van der Waals surface area contributed by atoms with Crippen molar-refractivity contribution in [2.75, 3.05) is 12.4 Å². The molecular formula is C25H23N7O4S. The van der Waals surface area contributed by atoms with Gasteiger partial charge in [-0.05, 0) is 50.2 Å². The number of carbonyl (C=O) groups is 1. The Bertz CT molecular complexity index is 1420. The van der Waals surface area contributed by atoms with Crippen LogP contribution < -0.4 is 10.2 Å². The molecule has 0 aliphatic carbocycles. The SMILES string of the molecule is CCOc1ccc(-n2c(SCC(=O)N/N=C(\C)c3cccc([N+](=O)[O-])c3)nnc2-c2cccnc2)cc1. The van der Waals surface area contributed by atoms with Crippen molar-refractivity contribution >= 4 is 29.1 Å². The molecule has 12 heteroatoms. The number of rotatable bonds is 10. The van der Waals surface area contributed by atoms with E-state index in [-0.39, 0.29) is 17.3 Å². The van der Waals surface area contributed by atoms with Crippen LogP contribution in [-0.4, -0.2) is 48.7 Å². The van der Waals surface area contributed by atoms with Crippen LogP contribution in [0.1, 0.15) is 19.4 Å². The summed E-state index contributed by atoms with van der Waals surface area (Å²) in [5.41, 5.74) is 5.00. The minimum atomic E-state index is -0.480. The molecule has 0 aliphatic rings. The standard InChI is InChI=1S/C25H23N7O4S/c1-3-36-22-11-9-20(10-12-22)31-24(19-7-5-13-26-15-19)29-30-25(31)37-16-23(33)28-27-17(2)18-6-4-8-21(14-18)32(34)35/h4-15H,3,16H2,1-2H3,(H,28,33)/b27-17+. The van der Waals surface area contributed by atoms with Crippen molar-refractivity contribution < 1.29 is 14.5 Å². The number of nitrogens with one attached hydrogen (secondary N) is 1. The summed E-state index contributed by atoms with van der Waals surface area (Å²) < 4.78 is 7.39. The first-order chi connectivity index (χ1) is 18.0. The molecular weight excluding hydrogens is 494 g/mol. The zero-order valence-electron chi connectivity index (χ0n) is 20.1. The summed E-state index contributed by atoms with van der Waals surface area (Å²) >= 11 is 1.20. The first-order valence-electron chi connectivity index (χ1n) is 11.3. The van der Waals surface area contributed by atoms with Crippen molar-refractivity contribution in [3.63, 3.8) is 0 Å². The number of carbonyl (C=O) groups excluding carboxylic acids is 1. The fraction of sp³-hybridized carbons (Fsp3) is 0.160. The molecule has 2 aromatic carbocycles. The zero-order chi connectivity index (χ0) is 26.2. The summed E-state index contributed by atoms with van der Waals surface area (Å²) in [6, 6.07) is 17.3. The van der Waals surface area contributed by atoms with E-state index >= 15 is 0 Å². The van der Waals surface area contributed by atoms with E-state index in [1.807, 2.05) is 47.9 Å². The Kier molecular flexibility index (Phi) is 8.21. The highest BCUT2D eigenvalue weighted by molar-refractivity contribution is 7.99. The van der Waals surface area contributed by atoms with Gasteiger partial charge in [-0.2, -0.15) is 5.10 Å². The van der Waals surface area contributed by atoms with Gasteiger partial charge in [0.1, 0.15) is 5.75 Å². The predicted octanol–water partition coefficient (Wildman–Crippen LogP) is 4.27. The first-order valence-corrected chi connectivity index (χ1v) is 12.2. The Labute approximate surface area is 216 Å². The van der Waals surface area contributed by atoms with Crippen molar-refractivity contribution in [1.29, 1.82) is 0 Å². The maximum absolute atomic E-state index is 12.5. The Morgan fingerprint density at radius 3 is 2.68 bits per heavy atom. The van der Waals surface area contributed by atoms with Gasteiger partial charge in [0.15, 0.2) is 11.0 Å². The summed E-state index contributed by atoms with van der Waals surface area (Å²) in [5, 5.41) is 24.2. The third-order valence-electron chi connectivity index (χ3n) is 5.11. The second-order valence-corrected chi connectivity index (χ2v) is 8.58. The van der Waals surface area contributed by atoms with E-state index < -0.39 is 4.92 Å². The van der Waals surface area contributed by atoms with Gasteiger partial charge in [-0.15, -0.1) is 10.2 Å². The van der Waals surface area contributed by atoms with E-state index in [1.165, 1.54) is 23.9 Å². The molecule has 4 aromatic rings. The van der Waals surface area contributed by atoms with Crippen LogP contribution in [0.2, 0.25) is 0 Å². The second kappa shape index (κ2) is 11.9. The van der Waals surface area contributed by atoms with Gasteiger partial charge in [0.05, 0.1) is 23.0 Å². The molecule has 37 heavy (non-hydrogen) atoms. The maximum Gasteiger partial charge on any atom is 0.270 e. The van der Waals surface area contributed by atoms with Gasteiger partial charge in [-0.1, -0.05) is 23.9 Å². The first kappa shape index (κ1) is 25.5. The zero-order valence-corrected chi connectivity index (χ0v) is 20.9. The van der Waals surface area contributed by atoms with Crippen LogP contribution >= 0.6 is 11.8 Å². The molecule has 0 spiro atoms. The number of hydrazone groups is 1. The van der Waals surface area contributed by atoms with Crippen LogP contribution in [0, 0.1) is 10.1 Å². The van der Waals surface area contributed by atoms with Gasteiger partial charge in [0.2, 0.25) is 0 Å². The number of hydrogen-bond acceptors (Lipinski definition) is 9. The smallest absolute Gasteiger partial charge is 0.270 e. The number of nitro groups is 1. The monoisotopic (exact) mass is 517 g/mol. The van der Waals surface area contributed by atoms with Crippen LogP contribution in [0.4, 0.5) is 5.69 Å². The van der Waals surface area contributed by atoms with Crippen molar-refractivity contribution in [2.24, 2.45) is 5.10 Å². The highest BCUT2D eigenvalue weighted by atomic mass is 32.2. The normalized spacial score (nSPS) is 11.2. The molecule has 1 amide bonds. The molecule has 0 aliphatic heterocycles. The lowest BCUT2D eigenvalue weighted by atomic mass is 10.1. The predicted molar refractivity (Wildman–Crippen MR) is 140 cm³/mol. The third-order valence-corrected chi connectivity index (χ3v) is 6.04. The quantitative estimate of drug-likeness (QED) is 0.142. The van der Waals surface area contributed by atoms with E-state index in [9.17, 15) is 14.9 Å². The lowest BCUT2D eigenvalue weighted by Gasteiger charge is -2.11. The second-order valence-electron chi connectivity index (χ2n) is 7.64. The number of nitrogens with zero attached hydrogens (tertiary/aromatic N) is 6. The van der Waals surface area contributed by atoms with Gasteiger partial charge >= 0.3 is 0 Å². The van der Waals surface area contributed by atoms with Crippen molar-refractivity contribution in [3.05, 3.63) is 88.7 Å². The summed E-state index contributed by atoms with van der Waals surface area (Å²) in [4.78, 5) is 27.2. The van der Waals surface area contributed by atoms with Crippen molar-refractivity contribution in [1.82, 2.24) is 25.2 Å². The van der Waals surface area contributed by atoms with Gasteiger partial charge in [0.25, 0.3) is 11.6 Å². The molecule has 0 saturated carbocycles. The molecule has 11 nitrogen and oxygen atoms in total. The Balaban J connectivity index is 1.51. The van der Waals surface area contributed by atoms with E-state index in [1.54, 1.807) is 31.5 Å². The van der Waals surface area contributed by atoms with E-state index in [0.717, 1.165) is 17.0 Å². The Hall–Kier alpha value is -4.58. The van der Waals surface area contributed by atoms with Gasteiger partial charge in [0, 0.05) is 41.3 Å². The Morgan fingerprint density at radius 2 is 1.97 bits per heavy atom. The molecule has 2 aromatic heterocycles. The average Bonchev–Trinajstić information content (AvgIpc) is 3.35. The van der Waals surface area contributed by atoms with E-state index in [2.05, 4.69) is 25.7 Å². The number of benzene rings is 2. The van der Waals surface area contributed by atoms with Crippen LogP contribution in [0.5, 0.6) is 5.75 Å². The van der Waals surface area contributed by atoms with Crippen molar-refractivity contribution in [3.8, 4) is 22.8 Å². The molecule has 0 unspecified atom stereocenters. The van der Waals surface area contributed by atoms with Crippen LogP contribution in [0.3, 0.4) is 0 Å². The topological polar surface area (TPSA) is 137 Å². The minimum Gasteiger partial charge on any atom is -0.494 e. The highest BCUT2D eigenvalue weighted by Gasteiger charge is 2.18. The molecule has 0 radical (unpaired) electrons. The molecule has 0 fully saturated rings. The summed E-state index contributed by atoms with van der Waals surface area (Å²) in [5.74, 6) is 0.986. The number of hydrogen-bond donors (Lipinski definition) is 1. The molecule has 4 rings (SSSR count). The third kappa shape index (κ3) is 6.35. The number of thioether (sulfide) groups is 1. The maximum atomic E-state index is 12.5. The fourth-order valence-corrected chi connectivity index (χ4v) is 4.10. The molecule has 0 atom stereocenters. The number of non-ortho nitro benzene ring substituents is 1. The van der Waals surface area contributed by atoms with Crippen LogP contribution in [-0.2, 0) is 4.79 Å². The summed E-state index contributed by atoms with van der Waals surface area (Å²) in [6.45, 7) is 4.14. The number of nitro benzene ring substituents is 1. The number of aromatic nitrogens is 4. The number of amides is 1. The average molecular weight is 518 g/mol. The van der Waals surface area contributed by atoms with Gasteiger partial charge < -0.3 is 4.74 Å². The minimum absolute atomic E-state index is 0.0217. The van der Waals surface area contributed by atoms with E-state index in [0.29, 0.717) is 28.9 Å². The Morgan fingerprint density at radius 1 is 1.16 bits per heavy atom. The molecule has 0 bridgehead atoms. The lowest BCUT2D eigenvalue weighted by Crippen LogP contribution is -2.21. The number of ether oxygens (including phenoxy) is 1. The summed E-state index contributed by atoms with van der Waals surface area (Å²) in [7, 11) is 0. The van der Waals surface area contributed by atoms with Crippen LogP contribution in [0.25, 0.3) is 17.1 Å². The lowest BCUT2D eigenvalue weighted by molar-refractivity contribution is -0.384. The largest absolute Gasteiger partial charge is 0.494 e. The number of pyridine rings is 1.